The zero-order chi connectivity index (χ0) is 14.6. The lowest BCUT2D eigenvalue weighted by Gasteiger charge is -2.09. The molecule has 0 unspecified atom stereocenters. The second kappa shape index (κ2) is 6.29. The molecule has 2 aromatic rings. The molecule has 20 heavy (non-hydrogen) atoms. The van der Waals surface area contributed by atoms with Crippen LogP contribution in [-0.4, -0.2) is 24.7 Å². The van der Waals surface area contributed by atoms with Crippen molar-refractivity contribution >= 4 is 26.5 Å². The first-order chi connectivity index (χ1) is 9.47. The normalized spacial score (nSPS) is 11.8. The molecule has 1 aromatic carbocycles. The molecular formula is C12H16N4O2S2. The van der Waals surface area contributed by atoms with Crippen molar-refractivity contribution in [3.8, 4) is 0 Å². The van der Waals surface area contributed by atoms with Gasteiger partial charge >= 0.3 is 0 Å². The van der Waals surface area contributed by atoms with Crippen molar-refractivity contribution in [1.82, 2.24) is 15.5 Å². The summed E-state index contributed by atoms with van der Waals surface area (Å²) in [6, 6.07) is 7.15. The van der Waals surface area contributed by atoms with Gasteiger partial charge in [-0.3, -0.25) is 4.72 Å². The van der Waals surface area contributed by atoms with Crippen LogP contribution in [0.25, 0.3) is 0 Å². The van der Waals surface area contributed by atoms with E-state index in [1.165, 1.54) is 5.51 Å². The fourth-order valence-electron chi connectivity index (χ4n) is 1.50. The van der Waals surface area contributed by atoms with E-state index in [1.807, 2.05) is 0 Å². The van der Waals surface area contributed by atoms with Crippen LogP contribution in [-0.2, 0) is 16.6 Å². The molecule has 6 nitrogen and oxygen atoms in total. The Kier molecular flexibility index (Phi) is 4.69. The Morgan fingerprint density at radius 2 is 1.95 bits per heavy atom. The summed E-state index contributed by atoms with van der Waals surface area (Å²) in [5.74, 6) is 0. The molecule has 1 heterocycles. The number of nitrogens with zero attached hydrogens (tertiary/aromatic N) is 2. The molecule has 0 aliphatic rings. The minimum atomic E-state index is -3.59. The second-order valence-electron chi connectivity index (χ2n) is 4.53. The minimum absolute atomic E-state index is 0.209. The van der Waals surface area contributed by atoms with Crippen LogP contribution in [0, 0.1) is 0 Å². The highest BCUT2D eigenvalue weighted by molar-refractivity contribution is 7.93. The van der Waals surface area contributed by atoms with E-state index in [2.05, 4.69) is 34.1 Å². The van der Waals surface area contributed by atoms with Crippen LogP contribution in [0.1, 0.15) is 19.4 Å². The van der Waals surface area contributed by atoms with Gasteiger partial charge in [-0.2, -0.15) is 0 Å². The van der Waals surface area contributed by atoms with E-state index in [1.54, 1.807) is 24.3 Å². The van der Waals surface area contributed by atoms with Gasteiger partial charge in [0, 0.05) is 12.6 Å². The van der Waals surface area contributed by atoms with Gasteiger partial charge in [-0.15, -0.1) is 10.2 Å². The predicted octanol–water partition coefficient (Wildman–Crippen LogP) is 1.84. The Labute approximate surface area is 122 Å². The van der Waals surface area contributed by atoms with Gasteiger partial charge < -0.3 is 5.32 Å². The van der Waals surface area contributed by atoms with Crippen molar-refractivity contribution < 1.29 is 8.42 Å². The van der Waals surface area contributed by atoms with Crippen LogP contribution < -0.4 is 10.0 Å². The van der Waals surface area contributed by atoms with E-state index in [-0.39, 0.29) is 10.0 Å². The fourth-order valence-corrected chi connectivity index (χ4v) is 3.19. The predicted molar refractivity (Wildman–Crippen MR) is 79.1 cm³/mol. The summed E-state index contributed by atoms with van der Waals surface area (Å²) in [4.78, 5) is 0.209. The molecule has 0 atom stereocenters. The molecule has 0 fully saturated rings. The minimum Gasteiger partial charge on any atom is -0.310 e. The van der Waals surface area contributed by atoms with Crippen LogP contribution in [0.5, 0.6) is 0 Å². The van der Waals surface area contributed by atoms with Crippen molar-refractivity contribution in [2.75, 3.05) is 4.72 Å². The fraction of sp³-hybridized carbons (Fsp3) is 0.333. The second-order valence-corrected chi connectivity index (χ2v) is 7.04. The number of nitrogens with one attached hydrogen (secondary N) is 2. The van der Waals surface area contributed by atoms with Crippen molar-refractivity contribution in [2.24, 2.45) is 0 Å². The van der Waals surface area contributed by atoms with Crippen LogP contribution in [0.4, 0.5) is 5.13 Å². The smallest absolute Gasteiger partial charge is 0.263 e. The van der Waals surface area contributed by atoms with Crippen LogP contribution in [0.15, 0.2) is 34.7 Å². The van der Waals surface area contributed by atoms with Gasteiger partial charge in [-0.05, 0) is 17.7 Å². The summed E-state index contributed by atoms with van der Waals surface area (Å²) < 4.78 is 26.6. The van der Waals surface area contributed by atoms with Crippen molar-refractivity contribution in [2.45, 2.75) is 31.3 Å². The summed E-state index contributed by atoms with van der Waals surface area (Å²) >= 11 is 1.14. The molecule has 0 radical (unpaired) electrons. The van der Waals surface area contributed by atoms with E-state index in [4.69, 9.17) is 0 Å². The lowest BCUT2D eigenvalue weighted by molar-refractivity contribution is 0.588. The number of hydrogen-bond donors (Lipinski definition) is 2. The first-order valence-corrected chi connectivity index (χ1v) is 8.45. The first-order valence-electron chi connectivity index (χ1n) is 6.09. The SMILES string of the molecule is CC(C)NCc1ccc(S(=O)(=O)Nc2nncs2)cc1. The maximum absolute atomic E-state index is 12.1. The van der Waals surface area contributed by atoms with Gasteiger partial charge in [-0.25, -0.2) is 8.42 Å². The molecule has 0 saturated heterocycles. The summed E-state index contributed by atoms with van der Waals surface area (Å²) in [5, 5.41) is 10.8. The molecule has 8 heteroatoms. The third-order valence-corrected chi connectivity index (χ3v) is 4.62. The van der Waals surface area contributed by atoms with Crippen molar-refractivity contribution in [3.63, 3.8) is 0 Å². The molecular weight excluding hydrogens is 296 g/mol. The van der Waals surface area contributed by atoms with Crippen molar-refractivity contribution in [1.29, 1.82) is 0 Å². The first kappa shape index (κ1) is 14.9. The van der Waals surface area contributed by atoms with Gasteiger partial charge in [-0.1, -0.05) is 37.3 Å². The van der Waals surface area contributed by atoms with Gasteiger partial charge in [0.2, 0.25) is 5.13 Å². The highest BCUT2D eigenvalue weighted by Crippen LogP contribution is 2.17. The lowest BCUT2D eigenvalue weighted by atomic mass is 10.2. The number of hydrogen-bond acceptors (Lipinski definition) is 6. The largest absolute Gasteiger partial charge is 0.310 e. The monoisotopic (exact) mass is 312 g/mol. The molecule has 0 aliphatic carbocycles. The molecule has 108 valence electrons. The van der Waals surface area contributed by atoms with E-state index in [0.717, 1.165) is 16.9 Å². The topological polar surface area (TPSA) is 84.0 Å². The zero-order valence-corrected chi connectivity index (χ0v) is 12.8. The highest BCUT2D eigenvalue weighted by atomic mass is 32.2. The Bertz CT molecular complexity index is 637. The quantitative estimate of drug-likeness (QED) is 0.850. The Balaban J connectivity index is 2.08. The molecule has 0 spiro atoms. The maximum Gasteiger partial charge on any atom is 0.263 e. The standard InChI is InChI=1S/C12H16N4O2S2/c1-9(2)13-7-10-3-5-11(6-4-10)20(17,18)16-12-15-14-8-19-12/h3-6,8-9,13H,7H2,1-2H3,(H,15,16). The number of sulfonamides is 1. The number of rotatable bonds is 6. The van der Waals surface area contributed by atoms with Gasteiger partial charge in [0.25, 0.3) is 10.0 Å². The Morgan fingerprint density at radius 3 is 2.50 bits per heavy atom. The van der Waals surface area contributed by atoms with E-state index >= 15 is 0 Å². The van der Waals surface area contributed by atoms with Gasteiger partial charge in [0.05, 0.1) is 4.90 Å². The number of anilines is 1. The van der Waals surface area contributed by atoms with Gasteiger partial charge in [0.15, 0.2) is 0 Å². The molecule has 2 rings (SSSR count). The summed E-state index contributed by atoms with van der Waals surface area (Å²) in [6.45, 7) is 4.83. The summed E-state index contributed by atoms with van der Waals surface area (Å²) in [6.07, 6.45) is 0. The molecule has 0 amide bonds. The van der Waals surface area contributed by atoms with Crippen LogP contribution in [0.3, 0.4) is 0 Å². The zero-order valence-electron chi connectivity index (χ0n) is 11.2. The summed E-state index contributed by atoms with van der Waals surface area (Å²) in [5.41, 5.74) is 2.51. The average molecular weight is 312 g/mol. The van der Waals surface area contributed by atoms with Crippen LogP contribution in [0.2, 0.25) is 0 Å². The Morgan fingerprint density at radius 1 is 1.25 bits per heavy atom. The van der Waals surface area contributed by atoms with Gasteiger partial charge in [0.1, 0.15) is 5.51 Å². The average Bonchev–Trinajstić information content (AvgIpc) is 2.89. The number of aromatic nitrogens is 2. The summed E-state index contributed by atoms with van der Waals surface area (Å²) in [7, 11) is -3.59. The van der Waals surface area contributed by atoms with E-state index < -0.39 is 10.0 Å². The van der Waals surface area contributed by atoms with Crippen LogP contribution >= 0.6 is 11.3 Å². The third kappa shape index (κ3) is 3.99. The van der Waals surface area contributed by atoms with E-state index in [9.17, 15) is 8.42 Å². The lowest BCUT2D eigenvalue weighted by Crippen LogP contribution is -2.21. The molecule has 0 saturated carbocycles. The number of benzene rings is 1. The molecule has 1 aromatic heterocycles. The molecule has 0 bridgehead atoms. The highest BCUT2D eigenvalue weighted by Gasteiger charge is 2.15. The van der Waals surface area contributed by atoms with Crippen molar-refractivity contribution in [3.05, 3.63) is 35.3 Å². The Hall–Kier alpha value is -1.51. The molecule has 2 N–H and O–H groups in total. The van der Waals surface area contributed by atoms with E-state index in [0.29, 0.717) is 12.6 Å². The third-order valence-electron chi connectivity index (χ3n) is 2.53. The molecule has 0 aliphatic heterocycles. The maximum atomic E-state index is 12.1.